The standard InChI is InChI=1S/C16H19ClN2S/c17-16-7-6-15(20-16)14(10-18)19-9-8-13(11-19)12-4-2-1-3-5-12/h1-7,13-14H,8-11,18H2. The smallest absolute Gasteiger partial charge is 0.0931 e. The molecule has 0 aliphatic carbocycles. The summed E-state index contributed by atoms with van der Waals surface area (Å²) in [4.78, 5) is 3.78. The number of hydrogen-bond donors (Lipinski definition) is 1. The monoisotopic (exact) mass is 306 g/mol. The summed E-state index contributed by atoms with van der Waals surface area (Å²) in [7, 11) is 0. The lowest BCUT2D eigenvalue weighted by Gasteiger charge is -2.25. The molecule has 2 N–H and O–H groups in total. The van der Waals surface area contributed by atoms with Gasteiger partial charge in [-0.2, -0.15) is 0 Å². The van der Waals surface area contributed by atoms with Crippen molar-refractivity contribution in [3.8, 4) is 0 Å². The summed E-state index contributed by atoms with van der Waals surface area (Å²) in [6.45, 7) is 2.84. The SMILES string of the molecule is NCC(c1ccc(Cl)s1)N1CCC(c2ccccc2)C1. The number of nitrogens with two attached hydrogens (primary N) is 1. The summed E-state index contributed by atoms with van der Waals surface area (Å²) in [5.41, 5.74) is 7.44. The minimum Gasteiger partial charge on any atom is -0.329 e. The van der Waals surface area contributed by atoms with Crippen molar-refractivity contribution in [2.45, 2.75) is 18.4 Å². The van der Waals surface area contributed by atoms with E-state index in [0.717, 1.165) is 17.4 Å². The van der Waals surface area contributed by atoms with Gasteiger partial charge in [0.15, 0.2) is 0 Å². The molecule has 2 nitrogen and oxygen atoms in total. The number of rotatable bonds is 4. The van der Waals surface area contributed by atoms with Crippen LogP contribution >= 0.6 is 22.9 Å². The fourth-order valence-corrected chi connectivity index (χ4v) is 4.23. The molecule has 0 saturated carbocycles. The first-order valence-electron chi connectivity index (χ1n) is 7.02. The lowest BCUT2D eigenvalue weighted by atomic mass is 9.99. The zero-order chi connectivity index (χ0) is 13.9. The first kappa shape index (κ1) is 14.1. The van der Waals surface area contributed by atoms with Gasteiger partial charge in [0.05, 0.1) is 10.4 Å². The molecule has 4 heteroatoms. The minimum absolute atomic E-state index is 0.307. The largest absolute Gasteiger partial charge is 0.329 e. The van der Waals surface area contributed by atoms with Crippen molar-refractivity contribution in [2.24, 2.45) is 5.73 Å². The first-order chi connectivity index (χ1) is 9.78. The van der Waals surface area contributed by atoms with E-state index in [2.05, 4.69) is 41.3 Å². The van der Waals surface area contributed by atoms with Gasteiger partial charge in [-0.15, -0.1) is 11.3 Å². The van der Waals surface area contributed by atoms with Crippen LogP contribution in [0.2, 0.25) is 4.34 Å². The fourth-order valence-electron chi connectivity index (χ4n) is 3.02. The Morgan fingerprint density at radius 3 is 2.70 bits per heavy atom. The highest BCUT2D eigenvalue weighted by atomic mass is 35.5. The van der Waals surface area contributed by atoms with E-state index in [1.165, 1.54) is 16.9 Å². The van der Waals surface area contributed by atoms with Crippen LogP contribution < -0.4 is 5.73 Å². The van der Waals surface area contributed by atoms with Gasteiger partial charge >= 0.3 is 0 Å². The molecular weight excluding hydrogens is 288 g/mol. The van der Waals surface area contributed by atoms with Crippen molar-refractivity contribution in [3.05, 3.63) is 57.2 Å². The Balaban J connectivity index is 1.72. The predicted molar refractivity (Wildman–Crippen MR) is 86.5 cm³/mol. The second-order valence-corrected chi connectivity index (χ2v) is 7.03. The molecule has 2 atom stereocenters. The molecule has 0 bridgehead atoms. The third-order valence-corrected chi connectivity index (χ3v) is 5.41. The van der Waals surface area contributed by atoms with E-state index in [1.54, 1.807) is 11.3 Å². The van der Waals surface area contributed by atoms with Crippen molar-refractivity contribution in [1.29, 1.82) is 0 Å². The maximum atomic E-state index is 6.05. The number of benzene rings is 1. The van der Waals surface area contributed by atoms with E-state index in [1.807, 2.05) is 6.07 Å². The molecule has 0 spiro atoms. The zero-order valence-corrected chi connectivity index (χ0v) is 12.9. The molecular formula is C16H19ClN2S. The molecule has 0 radical (unpaired) electrons. The number of hydrogen-bond acceptors (Lipinski definition) is 3. The van der Waals surface area contributed by atoms with Crippen LogP contribution in [0.15, 0.2) is 42.5 Å². The molecule has 1 fully saturated rings. The highest BCUT2D eigenvalue weighted by molar-refractivity contribution is 7.16. The van der Waals surface area contributed by atoms with Crippen LogP contribution in [0.3, 0.4) is 0 Å². The van der Waals surface area contributed by atoms with Crippen LogP contribution in [0.4, 0.5) is 0 Å². The number of halogens is 1. The number of thiophene rings is 1. The van der Waals surface area contributed by atoms with Crippen LogP contribution in [0, 0.1) is 0 Å². The van der Waals surface area contributed by atoms with Gasteiger partial charge in [-0.1, -0.05) is 41.9 Å². The van der Waals surface area contributed by atoms with Gasteiger partial charge in [-0.05, 0) is 36.6 Å². The molecule has 0 amide bonds. The molecule has 20 heavy (non-hydrogen) atoms. The molecule has 3 rings (SSSR count). The summed E-state index contributed by atoms with van der Waals surface area (Å²) >= 11 is 7.70. The van der Waals surface area contributed by atoms with Crippen molar-refractivity contribution in [3.63, 3.8) is 0 Å². The third-order valence-electron chi connectivity index (χ3n) is 4.08. The normalized spacial score (nSPS) is 21.2. The third kappa shape index (κ3) is 2.91. The topological polar surface area (TPSA) is 29.3 Å². The molecule has 1 saturated heterocycles. The second-order valence-electron chi connectivity index (χ2n) is 5.28. The van der Waals surface area contributed by atoms with Crippen LogP contribution in [-0.4, -0.2) is 24.5 Å². The first-order valence-corrected chi connectivity index (χ1v) is 8.21. The Morgan fingerprint density at radius 2 is 2.05 bits per heavy atom. The van der Waals surface area contributed by atoms with E-state index in [4.69, 9.17) is 17.3 Å². The zero-order valence-electron chi connectivity index (χ0n) is 11.3. The van der Waals surface area contributed by atoms with E-state index < -0.39 is 0 Å². The van der Waals surface area contributed by atoms with Crippen LogP contribution in [0.25, 0.3) is 0 Å². The highest BCUT2D eigenvalue weighted by Gasteiger charge is 2.29. The molecule has 2 heterocycles. The number of likely N-dealkylation sites (tertiary alicyclic amines) is 1. The quantitative estimate of drug-likeness (QED) is 0.928. The summed E-state index contributed by atoms with van der Waals surface area (Å²) in [5.74, 6) is 0.626. The molecule has 1 aliphatic rings. The average Bonchev–Trinajstić information content (AvgIpc) is 3.11. The van der Waals surface area contributed by atoms with E-state index in [0.29, 0.717) is 18.5 Å². The highest BCUT2D eigenvalue weighted by Crippen LogP contribution is 2.35. The average molecular weight is 307 g/mol. The summed E-state index contributed by atoms with van der Waals surface area (Å²) in [6, 6.07) is 15.2. The van der Waals surface area contributed by atoms with Crippen LogP contribution in [0.1, 0.15) is 28.8 Å². The summed E-state index contributed by atoms with van der Waals surface area (Å²) in [6.07, 6.45) is 1.21. The molecule has 2 aromatic rings. The van der Waals surface area contributed by atoms with E-state index in [-0.39, 0.29) is 0 Å². The maximum absolute atomic E-state index is 6.05. The Kier molecular flexibility index (Phi) is 4.41. The Hall–Kier alpha value is -0.870. The van der Waals surface area contributed by atoms with Gasteiger partial charge in [0.2, 0.25) is 0 Å². The molecule has 106 valence electrons. The van der Waals surface area contributed by atoms with Crippen LogP contribution in [0.5, 0.6) is 0 Å². The van der Waals surface area contributed by atoms with Crippen molar-refractivity contribution in [2.75, 3.05) is 19.6 Å². The molecule has 2 unspecified atom stereocenters. The van der Waals surface area contributed by atoms with Gasteiger partial charge in [0, 0.05) is 18.0 Å². The summed E-state index contributed by atoms with van der Waals surface area (Å²) in [5, 5.41) is 0. The van der Waals surface area contributed by atoms with Gasteiger partial charge < -0.3 is 5.73 Å². The van der Waals surface area contributed by atoms with Gasteiger partial charge in [0.1, 0.15) is 0 Å². The summed E-state index contributed by atoms with van der Waals surface area (Å²) < 4.78 is 0.845. The van der Waals surface area contributed by atoms with Gasteiger partial charge in [-0.25, -0.2) is 0 Å². The predicted octanol–water partition coefficient (Wildman–Crippen LogP) is 3.89. The second kappa shape index (κ2) is 6.27. The van der Waals surface area contributed by atoms with E-state index >= 15 is 0 Å². The number of nitrogens with zero attached hydrogens (tertiary/aromatic N) is 1. The van der Waals surface area contributed by atoms with Crippen molar-refractivity contribution >= 4 is 22.9 Å². The van der Waals surface area contributed by atoms with Crippen molar-refractivity contribution < 1.29 is 0 Å². The molecule has 1 aromatic carbocycles. The van der Waals surface area contributed by atoms with Crippen molar-refractivity contribution in [1.82, 2.24) is 4.90 Å². The van der Waals surface area contributed by atoms with Crippen LogP contribution in [-0.2, 0) is 0 Å². The molecule has 1 aliphatic heterocycles. The van der Waals surface area contributed by atoms with E-state index in [9.17, 15) is 0 Å². The lowest BCUT2D eigenvalue weighted by Crippen LogP contribution is -2.31. The Labute approximate surface area is 129 Å². The van der Waals surface area contributed by atoms with Gasteiger partial charge in [-0.3, -0.25) is 4.90 Å². The maximum Gasteiger partial charge on any atom is 0.0931 e. The Morgan fingerprint density at radius 1 is 1.25 bits per heavy atom. The lowest BCUT2D eigenvalue weighted by molar-refractivity contribution is 0.251. The Bertz CT molecular complexity index is 555. The molecule has 1 aromatic heterocycles. The fraction of sp³-hybridized carbons (Fsp3) is 0.375. The van der Waals surface area contributed by atoms with Gasteiger partial charge in [0.25, 0.3) is 0 Å². The minimum atomic E-state index is 0.307.